The fourth-order valence-corrected chi connectivity index (χ4v) is 5.77. The van der Waals surface area contributed by atoms with Crippen molar-refractivity contribution in [3.63, 3.8) is 0 Å². The van der Waals surface area contributed by atoms with Crippen molar-refractivity contribution in [2.75, 3.05) is 26.2 Å². The van der Waals surface area contributed by atoms with Gasteiger partial charge in [-0.1, -0.05) is 62.4 Å². The van der Waals surface area contributed by atoms with Gasteiger partial charge in [0.15, 0.2) is 0 Å². The molecule has 5 rings (SSSR count). The molecule has 2 N–H and O–H groups in total. The number of carboxylic acid groups (broad SMARTS) is 1. The summed E-state index contributed by atoms with van der Waals surface area (Å²) < 4.78 is 5.62. The van der Waals surface area contributed by atoms with Crippen molar-refractivity contribution < 1.29 is 24.2 Å². The number of rotatable bonds is 8. The normalized spacial score (nSPS) is 22.8. The van der Waals surface area contributed by atoms with Crippen LogP contribution in [0.25, 0.3) is 11.1 Å². The Hall–Kier alpha value is -3.35. The average Bonchev–Trinajstić information content (AvgIpc) is 3.27. The number of aliphatic carboxylic acids is 1. The van der Waals surface area contributed by atoms with Gasteiger partial charge in [0.05, 0.1) is 5.41 Å². The predicted molar refractivity (Wildman–Crippen MR) is 131 cm³/mol. The molecule has 7 heteroatoms. The van der Waals surface area contributed by atoms with Gasteiger partial charge in [-0.15, -0.1) is 0 Å². The van der Waals surface area contributed by atoms with Crippen LogP contribution in [0.5, 0.6) is 0 Å². The molecular weight excluding hydrogens is 444 g/mol. The maximum absolute atomic E-state index is 12.9. The Morgan fingerprint density at radius 1 is 1.09 bits per heavy atom. The highest BCUT2D eigenvalue weighted by atomic mass is 16.5. The lowest BCUT2D eigenvalue weighted by Crippen LogP contribution is -2.38. The van der Waals surface area contributed by atoms with E-state index in [2.05, 4.69) is 29.6 Å². The highest BCUT2D eigenvalue weighted by molar-refractivity contribution is 5.84. The Balaban J connectivity index is 1.14. The molecule has 35 heavy (non-hydrogen) atoms. The van der Waals surface area contributed by atoms with Crippen molar-refractivity contribution in [3.05, 3.63) is 59.7 Å². The van der Waals surface area contributed by atoms with E-state index in [4.69, 9.17) is 4.74 Å². The first kappa shape index (κ1) is 23.4. The van der Waals surface area contributed by atoms with Crippen LogP contribution in [0.15, 0.2) is 48.5 Å². The zero-order valence-corrected chi connectivity index (χ0v) is 20.2. The van der Waals surface area contributed by atoms with Crippen molar-refractivity contribution in [1.29, 1.82) is 0 Å². The van der Waals surface area contributed by atoms with Gasteiger partial charge in [-0.3, -0.25) is 9.59 Å². The van der Waals surface area contributed by atoms with Crippen LogP contribution in [-0.4, -0.2) is 54.2 Å². The summed E-state index contributed by atoms with van der Waals surface area (Å²) in [6, 6.07) is 16.4. The summed E-state index contributed by atoms with van der Waals surface area (Å²) >= 11 is 0. The molecule has 0 spiro atoms. The zero-order chi connectivity index (χ0) is 24.7. The minimum atomic E-state index is -0.796. The van der Waals surface area contributed by atoms with Crippen LogP contribution in [0, 0.1) is 23.2 Å². The highest BCUT2D eigenvalue weighted by Crippen LogP contribution is 2.58. The van der Waals surface area contributed by atoms with E-state index in [1.54, 1.807) is 4.90 Å². The maximum atomic E-state index is 12.9. The number of piperidine rings is 1. The molecule has 184 valence electrons. The lowest BCUT2D eigenvalue weighted by atomic mass is 9.92. The molecule has 2 aromatic carbocycles. The number of ether oxygens (including phenoxy) is 1. The zero-order valence-electron chi connectivity index (χ0n) is 20.2. The molecule has 3 aliphatic rings. The number of nitrogens with zero attached hydrogens (tertiary/aromatic N) is 1. The summed E-state index contributed by atoms with van der Waals surface area (Å²) in [6.45, 7) is 5.46. The monoisotopic (exact) mass is 476 g/mol. The number of alkyl carbamates (subject to hydrolysis) is 1. The van der Waals surface area contributed by atoms with Crippen LogP contribution in [0.2, 0.25) is 0 Å². The van der Waals surface area contributed by atoms with Crippen LogP contribution in [0.4, 0.5) is 4.79 Å². The third-order valence-corrected chi connectivity index (χ3v) is 8.16. The number of hydrogen-bond donors (Lipinski definition) is 2. The Kier molecular flexibility index (Phi) is 6.03. The number of nitrogens with one attached hydrogen (secondary N) is 1. The Morgan fingerprint density at radius 2 is 1.71 bits per heavy atom. The average molecular weight is 477 g/mol. The molecule has 2 aliphatic carbocycles. The summed E-state index contributed by atoms with van der Waals surface area (Å²) in [7, 11) is 0. The second-order valence-corrected chi connectivity index (χ2v) is 10.6. The highest BCUT2D eigenvalue weighted by Gasteiger charge is 2.66. The van der Waals surface area contributed by atoms with Gasteiger partial charge in [-0.2, -0.15) is 0 Å². The number of carbonyl (C=O) groups excluding carboxylic acids is 2. The lowest BCUT2D eigenvalue weighted by Gasteiger charge is -2.25. The van der Waals surface area contributed by atoms with Crippen LogP contribution >= 0.6 is 0 Å². The van der Waals surface area contributed by atoms with Crippen LogP contribution in [0.3, 0.4) is 0 Å². The van der Waals surface area contributed by atoms with Crippen molar-refractivity contribution in [2.24, 2.45) is 23.2 Å². The summed E-state index contributed by atoms with van der Waals surface area (Å²) in [4.78, 5) is 38.6. The van der Waals surface area contributed by atoms with Gasteiger partial charge >= 0.3 is 12.1 Å². The number of fused-ring (bicyclic) bond motifs is 4. The van der Waals surface area contributed by atoms with E-state index in [0.29, 0.717) is 26.1 Å². The molecule has 3 atom stereocenters. The Morgan fingerprint density at radius 3 is 2.29 bits per heavy atom. The molecule has 1 heterocycles. The first-order chi connectivity index (χ1) is 16.8. The van der Waals surface area contributed by atoms with E-state index < -0.39 is 17.5 Å². The van der Waals surface area contributed by atoms with Crippen molar-refractivity contribution in [3.8, 4) is 11.1 Å². The largest absolute Gasteiger partial charge is 0.481 e. The molecule has 0 aromatic heterocycles. The quantitative estimate of drug-likeness (QED) is 0.598. The fourth-order valence-electron chi connectivity index (χ4n) is 5.77. The van der Waals surface area contributed by atoms with Gasteiger partial charge in [0.25, 0.3) is 0 Å². The van der Waals surface area contributed by atoms with Gasteiger partial charge in [0.2, 0.25) is 5.91 Å². The topological polar surface area (TPSA) is 95.9 Å². The standard InChI is InChI=1S/C28H32N2O5/c1-17(2)18(11-25(31)30-14-19-12-28(19,16-30)26(32)33)13-29-27(34)35-15-24-22-9-5-3-7-20(22)21-8-4-6-10-23(21)24/h3-10,17-19,24H,11-16H2,1-2H3,(H,29,34)(H,32,33). The van der Waals surface area contributed by atoms with Crippen LogP contribution in [0.1, 0.15) is 43.7 Å². The van der Waals surface area contributed by atoms with Crippen molar-refractivity contribution in [1.82, 2.24) is 10.2 Å². The molecular formula is C28H32N2O5. The van der Waals surface area contributed by atoms with E-state index in [9.17, 15) is 19.5 Å². The maximum Gasteiger partial charge on any atom is 0.407 e. The molecule has 1 saturated carbocycles. The van der Waals surface area contributed by atoms with Gasteiger partial charge < -0.3 is 20.1 Å². The van der Waals surface area contributed by atoms with Gasteiger partial charge in [-0.05, 0) is 46.4 Å². The fraction of sp³-hybridized carbons (Fsp3) is 0.464. The van der Waals surface area contributed by atoms with E-state index >= 15 is 0 Å². The summed E-state index contributed by atoms with van der Waals surface area (Å²) in [6.07, 6.45) is 0.462. The number of carbonyl (C=O) groups is 3. The second kappa shape index (κ2) is 9.02. The molecule has 0 bridgehead atoms. The van der Waals surface area contributed by atoms with E-state index in [1.165, 1.54) is 11.1 Å². The molecule has 7 nitrogen and oxygen atoms in total. The Labute approximate surface area is 205 Å². The first-order valence-corrected chi connectivity index (χ1v) is 12.4. The lowest BCUT2D eigenvalue weighted by molar-refractivity contribution is -0.144. The number of hydrogen-bond acceptors (Lipinski definition) is 4. The first-order valence-electron chi connectivity index (χ1n) is 12.4. The van der Waals surface area contributed by atoms with Gasteiger partial charge in [-0.25, -0.2) is 4.79 Å². The van der Waals surface area contributed by atoms with Crippen LogP contribution < -0.4 is 5.32 Å². The molecule has 3 unspecified atom stereocenters. The summed E-state index contributed by atoms with van der Waals surface area (Å²) in [5, 5.41) is 12.3. The molecule has 2 amide bonds. The number of likely N-dealkylation sites (tertiary alicyclic amines) is 1. The number of carboxylic acids is 1. The van der Waals surface area contributed by atoms with Gasteiger partial charge in [0.1, 0.15) is 6.61 Å². The van der Waals surface area contributed by atoms with Crippen LogP contribution in [-0.2, 0) is 14.3 Å². The molecule has 2 aromatic rings. The third-order valence-electron chi connectivity index (χ3n) is 8.16. The van der Waals surface area contributed by atoms with E-state index in [-0.39, 0.29) is 42.6 Å². The van der Waals surface area contributed by atoms with Crippen molar-refractivity contribution >= 4 is 18.0 Å². The third kappa shape index (κ3) is 4.28. The van der Waals surface area contributed by atoms with E-state index in [0.717, 1.165) is 11.1 Å². The molecule has 1 aliphatic heterocycles. The number of amides is 2. The minimum Gasteiger partial charge on any atom is -0.481 e. The number of benzene rings is 2. The molecule has 0 radical (unpaired) electrons. The second-order valence-electron chi connectivity index (χ2n) is 10.6. The van der Waals surface area contributed by atoms with Gasteiger partial charge in [0, 0.05) is 32.0 Å². The SMILES string of the molecule is CC(C)C(CNC(=O)OCC1c2ccccc2-c2ccccc21)CC(=O)N1CC2CC2(C(=O)O)C1. The molecule has 2 fully saturated rings. The molecule has 1 saturated heterocycles. The van der Waals surface area contributed by atoms with E-state index in [1.807, 2.05) is 38.1 Å². The Bertz CT molecular complexity index is 1120. The predicted octanol–water partition coefficient (Wildman–Crippen LogP) is 4.12. The van der Waals surface area contributed by atoms with Crippen molar-refractivity contribution in [2.45, 2.75) is 32.6 Å². The smallest absolute Gasteiger partial charge is 0.407 e. The summed E-state index contributed by atoms with van der Waals surface area (Å²) in [5.74, 6) is -0.626. The summed E-state index contributed by atoms with van der Waals surface area (Å²) in [5.41, 5.74) is 3.96. The minimum absolute atomic E-state index is 0.00113.